The molecule has 0 saturated carbocycles. The first-order chi connectivity index (χ1) is 12.5. The number of carbonyl (C=O) groups is 2. The van der Waals surface area contributed by atoms with Crippen molar-refractivity contribution in [3.63, 3.8) is 0 Å². The monoisotopic (exact) mass is 350 g/mol. The Morgan fingerprint density at radius 3 is 2.62 bits per heavy atom. The van der Waals surface area contributed by atoms with Crippen LogP contribution in [0.2, 0.25) is 0 Å². The summed E-state index contributed by atoms with van der Waals surface area (Å²) >= 11 is 0. The second-order valence-corrected chi connectivity index (χ2v) is 6.98. The van der Waals surface area contributed by atoms with Gasteiger partial charge in [0.25, 0.3) is 0 Å². The molecule has 0 bridgehead atoms. The summed E-state index contributed by atoms with van der Waals surface area (Å²) in [4.78, 5) is 27.1. The van der Waals surface area contributed by atoms with Crippen LogP contribution in [-0.2, 0) is 16.0 Å². The number of para-hydroxylation sites is 1. The van der Waals surface area contributed by atoms with Crippen LogP contribution < -0.4 is 10.2 Å². The quantitative estimate of drug-likeness (QED) is 0.892. The minimum Gasteiger partial charge on any atom is -0.349 e. The molecule has 1 fully saturated rings. The molecule has 2 aromatic carbocycles. The SMILES string of the molecule is CCc1cccc(C)c1N1CC(C(=O)NC(C)c2ccccc2)CC1=O. The summed E-state index contributed by atoms with van der Waals surface area (Å²) in [5, 5.41) is 3.06. The molecule has 0 radical (unpaired) electrons. The van der Waals surface area contributed by atoms with E-state index in [1.807, 2.05) is 56.3 Å². The summed E-state index contributed by atoms with van der Waals surface area (Å²) in [6, 6.07) is 15.9. The molecule has 4 nitrogen and oxygen atoms in total. The zero-order chi connectivity index (χ0) is 18.7. The average molecular weight is 350 g/mol. The minimum absolute atomic E-state index is 0.0292. The van der Waals surface area contributed by atoms with Crippen LogP contribution >= 0.6 is 0 Å². The number of aryl methyl sites for hydroxylation is 2. The maximum atomic E-state index is 12.7. The van der Waals surface area contributed by atoms with Gasteiger partial charge in [-0.25, -0.2) is 0 Å². The van der Waals surface area contributed by atoms with E-state index in [1.165, 1.54) is 0 Å². The van der Waals surface area contributed by atoms with Crippen LogP contribution in [0.1, 0.15) is 43.0 Å². The van der Waals surface area contributed by atoms with Crippen molar-refractivity contribution in [1.82, 2.24) is 5.32 Å². The lowest BCUT2D eigenvalue weighted by Crippen LogP contribution is -2.34. The average Bonchev–Trinajstić information content (AvgIpc) is 3.03. The van der Waals surface area contributed by atoms with Crippen molar-refractivity contribution in [2.24, 2.45) is 5.92 Å². The summed E-state index contributed by atoms with van der Waals surface area (Å²) in [5.41, 5.74) is 4.27. The number of anilines is 1. The standard InChI is InChI=1S/C22H26N2O2/c1-4-17-12-8-9-15(2)21(17)24-14-19(13-20(24)25)22(26)23-16(3)18-10-6-5-7-11-18/h5-12,16,19H,4,13-14H2,1-3H3,(H,23,26). The van der Waals surface area contributed by atoms with E-state index >= 15 is 0 Å². The highest BCUT2D eigenvalue weighted by Crippen LogP contribution is 2.32. The van der Waals surface area contributed by atoms with Crippen LogP contribution in [0.5, 0.6) is 0 Å². The van der Waals surface area contributed by atoms with Gasteiger partial charge >= 0.3 is 0 Å². The Labute approximate surface area is 155 Å². The van der Waals surface area contributed by atoms with E-state index in [9.17, 15) is 9.59 Å². The molecule has 0 aliphatic carbocycles. The van der Waals surface area contributed by atoms with Gasteiger partial charge in [0.15, 0.2) is 0 Å². The number of nitrogens with one attached hydrogen (secondary N) is 1. The number of rotatable bonds is 5. The summed E-state index contributed by atoms with van der Waals surface area (Å²) in [5.74, 6) is -0.330. The lowest BCUT2D eigenvalue weighted by molar-refractivity contribution is -0.126. The van der Waals surface area contributed by atoms with Gasteiger partial charge in [0, 0.05) is 18.7 Å². The molecule has 1 aliphatic heterocycles. The van der Waals surface area contributed by atoms with E-state index in [0.717, 1.165) is 28.8 Å². The lowest BCUT2D eigenvalue weighted by atomic mass is 10.0. The molecule has 4 heteroatoms. The van der Waals surface area contributed by atoms with Gasteiger partial charge in [-0.2, -0.15) is 0 Å². The number of amides is 2. The van der Waals surface area contributed by atoms with Crippen LogP contribution in [0.3, 0.4) is 0 Å². The highest BCUT2D eigenvalue weighted by atomic mass is 16.2. The fraction of sp³-hybridized carbons (Fsp3) is 0.364. The van der Waals surface area contributed by atoms with Gasteiger partial charge in [-0.1, -0.05) is 55.5 Å². The normalized spacial score (nSPS) is 18.0. The van der Waals surface area contributed by atoms with Gasteiger partial charge in [0.2, 0.25) is 11.8 Å². The summed E-state index contributed by atoms with van der Waals surface area (Å²) in [6.45, 7) is 6.53. The summed E-state index contributed by atoms with van der Waals surface area (Å²) in [6.07, 6.45) is 1.13. The molecular weight excluding hydrogens is 324 g/mol. The van der Waals surface area contributed by atoms with E-state index in [4.69, 9.17) is 0 Å². The van der Waals surface area contributed by atoms with Gasteiger partial charge in [0.1, 0.15) is 0 Å². The second-order valence-electron chi connectivity index (χ2n) is 6.98. The molecule has 1 saturated heterocycles. The third kappa shape index (κ3) is 3.64. The third-order valence-electron chi connectivity index (χ3n) is 5.13. The number of benzene rings is 2. The first kappa shape index (κ1) is 18.2. The highest BCUT2D eigenvalue weighted by Gasteiger charge is 2.36. The molecule has 136 valence electrons. The summed E-state index contributed by atoms with van der Waals surface area (Å²) < 4.78 is 0. The number of hydrogen-bond acceptors (Lipinski definition) is 2. The number of hydrogen-bond donors (Lipinski definition) is 1. The molecular formula is C22H26N2O2. The van der Waals surface area contributed by atoms with Crippen molar-refractivity contribution in [2.45, 2.75) is 39.7 Å². The Morgan fingerprint density at radius 2 is 1.92 bits per heavy atom. The maximum absolute atomic E-state index is 12.7. The smallest absolute Gasteiger partial charge is 0.227 e. The first-order valence-electron chi connectivity index (χ1n) is 9.25. The van der Waals surface area contributed by atoms with Gasteiger partial charge in [-0.15, -0.1) is 0 Å². The van der Waals surface area contributed by atoms with Gasteiger partial charge < -0.3 is 10.2 Å². The van der Waals surface area contributed by atoms with E-state index in [-0.39, 0.29) is 30.2 Å². The van der Waals surface area contributed by atoms with Crippen molar-refractivity contribution in [3.8, 4) is 0 Å². The van der Waals surface area contributed by atoms with E-state index in [1.54, 1.807) is 4.90 Å². The van der Waals surface area contributed by atoms with Crippen LogP contribution in [0.25, 0.3) is 0 Å². The Bertz CT molecular complexity index is 801. The third-order valence-corrected chi connectivity index (χ3v) is 5.13. The Kier molecular flexibility index (Phi) is 5.40. The van der Waals surface area contributed by atoms with Crippen molar-refractivity contribution in [1.29, 1.82) is 0 Å². The topological polar surface area (TPSA) is 49.4 Å². The van der Waals surface area contributed by atoms with Crippen LogP contribution in [0, 0.1) is 12.8 Å². The van der Waals surface area contributed by atoms with E-state index < -0.39 is 0 Å². The first-order valence-corrected chi connectivity index (χ1v) is 9.25. The molecule has 1 heterocycles. The van der Waals surface area contributed by atoms with Gasteiger partial charge in [0.05, 0.1) is 12.0 Å². The molecule has 0 spiro atoms. The van der Waals surface area contributed by atoms with Crippen molar-refractivity contribution >= 4 is 17.5 Å². The Morgan fingerprint density at radius 1 is 1.19 bits per heavy atom. The van der Waals surface area contributed by atoms with Crippen molar-refractivity contribution in [3.05, 3.63) is 65.2 Å². The number of carbonyl (C=O) groups excluding carboxylic acids is 2. The van der Waals surface area contributed by atoms with Gasteiger partial charge in [-0.05, 0) is 37.0 Å². The Hall–Kier alpha value is -2.62. The van der Waals surface area contributed by atoms with Crippen molar-refractivity contribution in [2.75, 3.05) is 11.4 Å². The zero-order valence-electron chi connectivity index (χ0n) is 15.7. The molecule has 2 atom stereocenters. The van der Waals surface area contributed by atoms with E-state index in [0.29, 0.717) is 6.54 Å². The molecule has 2 unspecified atom stereocenters. The van der Waals surface area contributed by atoms with Crippen LogP contribution in [0.15, 0.2) is 48.5 Å². The number of nitrogens with zero attached hydrogens (tertiary/aromatic N) is 1. The molecule has 2 amide bonds. The predicted molar refractivity (Wildman–Crippen MR) is 104 cm³/mol. The zero-order valence-corrected chi connectivity index (χ0v) is 15.7. The fourth-order valence-corrected chi connectivity index (χ4v) is 3.65. The molecule has 1 N–H and O–H groups in total. The minimum atomic E-state index is -0.307. The van der Waals surface area contributed by atoms with Crippen LogP contribution in [0.4, 0.5) is 5.69 Å². The van der Waals surface area contributed by atoms with Crippen LogP contribution in [-0.4, -0.2) is 18.4 Å². The molecule has 26 heavy (non-hydrogen) atoms. The Balaban J connectivity index is 1.73. The molecule has 1 aliphatic rings. The van der Waals surface area contributed by atoms with Gasteiger partial charge in [-0.3, -0.25) is 9.59 Å². The second kappa shape index (κ2) is 7.73. The van der Waals surface area contributed by atoms with Crippen molar-refractivity contribution < 1.29 is 9.59 Å². The fourth-order valence-electron chi connectivity index (χ4n) is 3.65. The maximum Gasteiger partial charge on any atom is 0.227 e. The highest BCUT2D eigenvalue weighted by molar-refractivity contribution is 6.01. The molecule has 0 aromatic heterocycles. The van der Waals surface area contributed by atoms with E-state index in [2.05, 4.69) is 18.3 Å². The summed E-state index contributed by atoms with van der Waals surface area (Å²) in [7, 11) is 0. The predicted octanol–water partition coefficient (Wildman–Crippen LogP) is 3.79. The largest absolute Gasteiger partial charge is 0.349 e. The molecule has 2 aromatic rings. The molecule has 3 rings (SSSR count). The lowest BCUT2D eigenvalue weighted by Gasteiger charge is -2.23.